The van der Waals surface area contributed by atoms with Crippen LogP contribution >= 0.6 is 23.1 Å². The van der Waals surface area contributed by atoms with Gasteiger partial charge < -0.3 is 15.4 Å². The van der Waals surface area contributed by atoms with Crippen molar-refractivity contribution >= 4 is 55.7 Å². The smallest absolute Gasteiger partial charge is 0.285 e. The maximum absolute atomic E-state index is 12.1. The van der Waals surface area contributed by atoms with E-state index in [1.54, 1.807) is 49.6 Å². The van der Waals surface area contributed by atoms with Crippen molar-refractivity contribution in [1.82, 2.24) is 10.2 Å². The number of amidine groups is 1. The van der Waals surface area contributed by atoms with E-state index in [0.29, 0.717) is 26.5 Å². The molecule has 0 saturated carbocycles. The lowest BCUT2D eigenvalue weighted by atomic mass is 10.2. The minimum Gasteiger partial charge on any atom is -0.497 e. The number of rotatable bonds is 6. The van der Waals surface area contributed by atoms with Crippen molar-refractivity contribution in [2.24, 2.45) is 4.40 Å². The van der Waals surface area contributed by atoms with E-state index in [1.165, 1.54) is 29.2 Å². The number of benzene rings is 2. The molecule has 1 aliphatic rings. The normalized spacial score (nSPS) is 14.0. The summed E-state index contributed by atoms with van der Waals surface area (Å²) in [6.45, 7) is 0. The SMILES string of the molecule is COc1ccc(NC(=O)CSc2nnc(NC3=NS(=O)(=O)c4ccccc43)s2)cc1. The van der Waals surface area contributed by atoms with Crippen LogP contribution in [0.5, 0.6) is 5.75 Å². The molecule has 2 N–H and O–H groups in total. The van der Waals surface area contributed by atoms with Crippen LogP contribution in [0.1, 0.15) is 5.56 Å². The molecule has 0 atom stereocenters. The van der Waals surface area contributed by atoms with Crippen molar-refractivity contribution < 1.29 is 17.9 Å². The molecule has 2 heterocycles. The van der Waals surface area contributed by atoms with Gasteiger partial charge in [-0.15, -0.1) is 14.6 Å². The van der Waals surface area contributed by atoms with Crippen LogP contribution in [0.2, 0.25) is 0 Å². The summed E-state index contributed by atoms with van der Waals surface area (Å²) in [6.07, 6.45) is 0. The average molecular weight is 462 g/mol. The average Bonchev–Trinajstić information content (AvgIpc) is 3.29. The minimum absolute atomic E-state index is 0.152. The second-order valence-electron chi connectivity index (χ2n) is 5.97. The number of hydrogen-bond acceptors (Lipinski definition) is 9. The van der Waals surface area contributed by atoms with Crippen molar-refractivity contribution in [2.45, 2.75) is 9.24 Å². The van der Waals surface area contributed by atoms with Gasteiger partial charge in [-0.25, -0.2) is 0 Å². The first-order valence-corrected chi connectivity index (χ1v) is 11.8. The maximum atomic E-state index is 12.1. The zero-order chi connectivity index (χ0) is 21.1. The monoisotopic (exact) mass is 461 g/mol. The fourth-order valence-electron chi connectivity index (χ4n) is 2.61. The predicted octanol–water partition coefficient (Wildman–Crippen LogP) is 2.84. The van der Waals surface area contributed by atoms with Gasteiger partial charge in [0.05, 0.1) is 12.9 Å². The van der Waals surface area contributed by atoms with E-state index in [-0.39, 0.29) is 22.4 Å². The molecule has 0 saturated heterocycles. The van der Waals surface area contributed by atoms with E-state index in [0.717, 1.165) is 0 Å². The summed E-state index contributed by atoms with van der Waals surface area (Å²) in [5.41, 5.74) is 1.15. The van der Waals surface area contributed by atoms with Crippen LogP contribution in [0.4, 0.5) is 10.8 Å². The maximum Gasteiger partial charge on any atom is 0.285 e. The lowest BCUT2D eigenvalue weighted by Crippen LogP contribution is -2.13. The molecule has 0 radical (unpaired) electrons. The Bertz CT molecular complexity index is 1220. The summed E-state index contributed by atoms with van der Waals surface area (Å²) in [4.78, 5) is 12.3. The Labute approximate surface area is 180 Å². The van der Waals surface area contributed by atoms with Gasteiger partial charge in [0.1, 0.15) is 10.6 Å². The molecule has 0 bridgehead atoms. The molecule has 0 aliphatic carbocycles. The zero-order valence-corrected chi connectivity index (χ0v) is 18.0. The number of methoxy groups -OCH3 is 1. The van der Waals surface area contributed by atoms with E-state index >= 15 is 0 Å². The summed E-state index contributed by atoms with van der Waals surface area (Å²) in [5, 5.41) is 14.1. The summed E-state index contributed by atoms with van der Waals surface area (Å²) in [5.74, 6) is 0.878. The van der Waals surface area contributed by atoms with Crippen LogP contribution in [-0.4, -0.2) is 43.2 Å². The number of nitrogens with zero attached hydrogens (tertiary/aromatic N) is 3. The molecule has 1 aliphatic heterocycles. The third kappa shape index (κ3) is 4.45. The number of nitrogens with one attached hydrogen (secondary N) is 2. The molecule has 9 nitrogen and oxygen atoms in total. The largest absolute Gasteiger partial charge is 0.497 e. The van der Waals surface area contributed by atoms with Crippen LogP contribution in [0.25, 0.3) is 0 Å². The predicted molar refractivity (Wildman–Crippen MR) is 116 cm³/mol. The van der Waals surface area contributed by atoms with E-state index in [2.05, 4.69) is 25.2 Å². The second kappa shape index (κ2) is 8.42. The standard InChI is InChI=1S/C18H15N5O4S3/c1-27-12-8-6-11(7-9-12)19-15(24)10-28-18-22-21-17(29-18)20-16-13-4-2-3-5-14(13)30(25,26)23-16/h2-9H,10H2,1H3,(H,19,24)(H,20,21,23). The van der Waals surface area contributed by atoms with Gasteiger partial charge in [-0.2, -0.15) is 8.42 Å². The molecule has 12 heteroatoms. The number of hydrogen-bond donors (Lipinski definition) is 2. The summed E-state index contributed by atoms with van der Waals surface area (Å²) in [7, 11) is -2.13. The number of carbonyl (C=O) groups excluding carboxylic acids is 1. The van der Waals surface area contributed by atoms with Crippen molar-refractivity contribution in [3.8, 4) is 5.75 Å². The lowest BCUT2D eigenvalue weighted by molar-refractivity contribution is -0.113. The van der Waals surface area contributed by atoms with Gasteiger partial charge in [0, 0.05) is 11.3 Å². The topological polar surface area (TPSA) is 123 Å². The van der Waals surface area contributed by atoms with Crippen molar-refractivity contribution in [3.63, 3.8) is 0 Å². The van der Waals surface area contributed by atoms with Gasteiger partial charge in [-0.3, -0.25) is 4.79 Å². The number of aromatic nitrogens is 2. The lowest BCUT2D eigenvalue weighted by Gasteiger charge is -2.05. The fourth-order valence-corrected chi connectivity index (χ4v) is 5.34. The van der Waals surface area contributed by atoms with Crippen LogP contribution in [-0.2, 0) is 14.8 Å². The molecular weight excluding hydrogens is 446 g/mol. The highest BCUT2D eigenvalue weighted by molar-refractivity contribution is 8.01. The first-order chi connectivity index (χ1) is 14.4. The van der Waals surface area contributed by atoms with Gasteiger partial charge in [0.25, 0.3) is 10.0 Å². The first kappa shape index (κ1) is 20.3. The van der Waals surface area contributed by atoms with Crippen LogP contribution in [0.15, 0.2) is 62.2 Å². The van der Waals surface area contributed by atoms with Gasteiger partial charge in [-0.1, -0.05) is 35.2 Å². The molecular formula is C18H15N5O4S3. The number of ether oxygens (including phenoxy) is 1. The van der Waals surface area contributed by atoms with E-state index < -0.39 is 10.0 Å². The van der Waals surface area contributed by atoms with Crippen molar-refractivity contribution in [2.75, 3.05) is 23.5 Å². The number of amides is 1. The van der Waals surface area contributed by atoms with E-state index in [1.807, 2.05) is 0 Å². The molecule has 3 aromatic rings. The quantitative estimate of drug-likeness (QED) is 0.537. The summed E-state index contributed by atoms with van der Waals surface area (Å²) >= 11 is 2.43. The minimum atomic E-state index is -3.71. The van der Waals surface area contributed by atoms with Crippen LogP contribution < -0.4 is 15.4 Å². The highest BCUT2D eigenvalue weighted by Gasteiger charge is 2.29. The summed E-state index contributed by atoms with van der Waals surface area (Å²) in [6, 6.07) is 13.6. The number of anilines is 2. The third-order valence-electron chi connectivity index (χ3n) is 3.96. The first-order valence-electron chi connectivity index (χ1n) is 8.56. The molecule has 2 aromatic carbocycles. The molecule has 4 rings (SSSR count). The molecule has 0 fully saturated rings. The Morgan fingerprint density at radius 3 is 2.67 bits per heavy atom. The molecule has 1 amide bonds. The highest BCUT2D eigenvalue weighted by Crippen LogP contribution is 2.29. The van der Waals surface area contributed by atoms with Gasteiger partial charge in [0.15, 0.2) is 10.2 Å². The van der Waals surface area contributed by atoms with Gasteiger partial charge in [0.2, 0.25) is 11.0 Å². The third-order valence-corrected chi connectivity index (χ3v) is 7.27. The molecule has 30 heavy (non-hydrogen) atoms. The van der Waals surface area contributed by atoms with Gasteiger partial charge in [-0.05, 0) is 36.4 Å². The van der Waals surface area contributed by atoms with Crippen LogP contribution in [0, 0.1) is 0 Å². The Morgan fingerprint density at radius 1 is 1.13 bits per heavy atom. The van der Waals surface area contributed by atoms with Crippen LogP contribution in [0.3, 0.4) is 0 Å². The number of carbonyl (C=O) groups is 1. The van der Waals surface area contributed by atoms with Crippen molar-refractivity contribution in [3.05, 3.63) is 54.1 Å². The Balaban J connectivity index is 1.35. The fraction of sp³-hybridized carbons (Fsp3) is 0.111. The second-order valence-corrected chi connectivity index (χ2v) is 9.75. The van der Waals surface area contributed by atoms with Crippen molar-refractivity contribution in [1.29, 1.82) is 0 Å². The number of thioether (sulfide) groups is 1. The van der Waals surface area contributed by atoms with E-state index in [4.69, 9.17) is 4.74 Å². The highest BCUT2D eigenvalue weighted by atomic mass is 32.2. The zero-order valence-electron chi connectivity index (χ0n) is 15.5. The van der Waals surface area contributed by atoms with Gasteiger partial charge >= 0.3 is 0 Å². The number of fused-ring (bicyclic) bond motifs is 1. The molecule has 154 valence electrons. The summed E-state index contributed by atoms with van der Waals surface area (Å²) < 4.78 is 33.6. The Kier molecular flexibility index (Phi) is 5.70. The Morgan fingerprint density at radius 2 is 1.90 bits per heavy atom. The van der Waals surface area contributed by atoms with E-state index in [9.17, 15) is 13.2 Å². The Hall–Kier alpha value is -2.96. The molecule has 0 spiro atoms. The number of sulfonamides is 1. The molecule has 0 unspecified atom stereocenters. The molecule has 1 aromatic heterocycles.